The van der Waals surface area contributed by atoms with Crippen LogP contribution in [0.5, 0.6) is 0 Å². The van der Waals surface area contributed by atoms with Gasteiger partial charge in [-0.05, 0) is 38.6 Å². The second-order valence-corrected chi connectivity index (χ2v) is 5.20. The SMILES string of the molecule is CN1CCCC1CNC(=O)c1ccc(Cl)nc1Cl. The van der Waals surface area contributed by atoms with Gasteiger partial charge in [0.2, 0.25) is 0 Å². The maximum atomic E-state index is 11.9. The van der Waals surface area contributed by atoms with Gasteiger partial charge in [-0.1, -0.05) is 23.2 Å². The smallest absolute Gasteiger partial charge is 0.254 e. The zero-order valence-electron chi connectivity index (χ0n) is 10.1. The van der Waals surface area contributed by atoms with Crippen molar-refractivity contribution in [3.05, 3.63) is 28.0 Å². The predicted octanol–water partition coefficient (Wildman–Crippen LogP) is 2.21. The molecule has 0 aromatic carbocycles. The summed E-state index contributed by atoms with van der Waals surface area (Å²) in [7, 11) is 2.07. The summed E-state index contributed by atoms with van der Waals surface area (Å²) in [6.07, 6.45) is 2.30. The van der Waals surface area contributed by atoms with Crippen LogP contribution in [-0.4, -0.2) is 42.0 Å². The number of carbonyl (C=O) groups is 1. The minimum Gasteiger partial charge on any atom is -0.350 e. The fraction of sp³-hybridized carbons (Fsp3) is 0.500. The minimum absolute atomic E-state index is 0.139. The van der Waals surface area contributed by atoms with Gasteiger partial charge < -0.3 is 10.2 Å². The van der Waals surface area contributed by atoms with Gasteiger partial charge in [0.15, 0.2) is 0 Å². The second-order valence-electron chi connectivity index (χ2n) is 4.46. The predicted molar refractivity (Wildman–Crippen MR) is 72.2 cm³/mol. The molecule has 6 heteroatoms. The van der Waals surface area contributed by atoms with E-state index in [4.69, 9.17) is 23.2 Å². The number of amides is 1. The lowest BCUT2D eigenvalue weighted by atomic mass is 10.2. The molecule has 0 bridgehead atoms. The van der Waals surface area contributed by atoms with Gasteiger partial charge in [0, 0.05) is 12.6 Å². The molecule has 1 aliphatic rings. The van der Waals surface area contributed by atoms with Gasteiger partial charge in [-0.3, -0.25) is 4.79 Å². The molecule has 98 valence electrons. The average Bonchev–Trinajstić information content (AvgIpc) is 2.72. The standard InChI is InChI=1S/C12H15Cl2N3O/c1-17-6-2-3-8(17)7-15-12(18)9-4-5-10(13)16-11(9)14/h4-5,8H,2-3,6-7H2,1H3,(H,15,18). The van der Waals surface area contributed by atoms with E-state index in [1.807, 2.05) is 0 Å². The first-order chi connectivity index (χ1) is 8.58. The van der Waals surface area contributed by atoms with Crippen molar-refractivity contribution in [3.8, 4) is 0 Å². The van der Waals surface area contributed by atoms with E-state index in [1.54, 1.807) is 12.1 Å². The van der Waals surface area contributed by atoms with Crippen molar-refractivity contribution in [1.82, 2.24) is 15.2 Å². The molecular weight excluding hydrogens is 273 g/mol. The van der Waals surface area contributed by atoms with Crippen LogP contribution in [0.15, 0.2) is 12.1 Å². The van der Waals surface area contributed by atoms with Crippen LogP contribution >= 0.6 is 23.2 Å². The van der Waals surface area contributed by atoms with Crippen LogP contribution in [0.1, 0.15) is 23.2 Å². The molecule has 4 nitrogen and oxygen atoms in total. The Morgan fingerprint density at radius 3 is 2.94 bits per heavy atom. The van der Waals surface area contributed by atoms with Crippen molar-refractivity contribution in [2.75, 3.05) is 20.1 Å². The number of likely N-dealkylation sites (tertiary alicyclic amines) is 1. The zero-order valence-corrected chi connectivity index (χ0v) is 11.6. The largest absolute Gasteiger partial charge is 0.350 e. The average molecular weight is 288 g/mol. The summed E-state index contributed by atoms with van der Waals surface area (Å²) < 4.78 is 0. The van der Waals surface area contributed by atoms with Crippen molar-refractivity contribution < 1.29 is 4.79 Å². The van der Waals surface area contributed by atoms with Gasteiger partial charge in [-0.2, -0.15) is 0 Å². The van der Waals surface area contributed by atoms with Crippen molar-refractivity contribution in [2.24, 2.45) is 0 Å². The number of likely N-dealkylation sites (N-methyl/N-ethyl adjacent to an activating group) is 1. The summed E-state index contributed by atoms with van der Waals surface area (Å²) in [5.74, 6) is -0.204. The number of nitrogens with zero attached hydrogens (tertiary/aromatic N) is 2. The Morgan fingerprint density at radius 1 is 1.56 bits per heavy atom. The van der Waals surface area contributed by atoms with E-state index in [2.05, 4.69) is 22.2 Å². The summed E-state index contributed by atoms with van der Waals surface area (Å²) in [6.45, 7) is 1.72. The topological polar surface area (TPSA) is 45.2 Å². The molecule has 0 saturated carbocycles. The molecule has 2 rings (SSSR count). The maximum absolute atomic E-state index is 11.9. The van der Waals surface area contributed by atoms with Gasteiger partial charge >= 0.3 is 0 Å². The van der Waals surface area contributed by atoms with Gasteiger partial charge in [0.05, 0.1) is 5.56 Å². The summed E-state index contributed by atoms with van der Waals surface area (Å²) >= 11 is 11.6. The number of aromatic nitrogens is 1. The van der Waals surface area contributed by atoms with Crippen molar-refractivity contribution in [3.63, 3.8) is 0 Å². The number of nitrogens with one attached hydrogen (secondary N) is 1. The highest BCUT2D eigenvalue weighted by Crippen LogP contribution is 2.17. The minimum atomic E-state index is -0.204. The third-order valence-electron chi connectivity index (χ3n) is 3.23. The number of halogens is 2. The van der Waals surface area contributed by atoms with Crippen LogP contribution in [0, 0.1) is 0 Å². The van der Waals surface area contributed by atoms with Crippen LogP contribution in [0.4, 0.5) is 0 Å². The van der Waals surface area contributed by atoms with Gasteiger partial charge in [-0.25, -0.2) is 4.98 Å². The maximum Gasteiger partial charge on any atom is 0.254 e. The highest BCUT2D eigenvalue weighted by Gasteiger charge is 2.21. The highest BCUT2D eigenvalue weighted by molar-refractivity contribution is 6.34. The molecule has 1 aromatic rings. The molecule has 1 fully saturated rings. The number of carbonyl (C=O) groups excluding carboxylic acids is 1. The summed E-state index contributed by atoms with van der Waals surface area (Å²) in [5, 5.41) is 3.31. The van der Waals surface area contributed by atoms with E-state index < -0.39 is 0 Å². The van der Waals surface area contributed by atoms with Crippen LogP contribution in [-0.2, 0) is 0 Å². The Kier molecular flexibility index (Phi) is 4.43. The molecule has 0 aliphatic carbocycles. The molecule has 0 radical (unpaired) electrons. The number of hydrogen-bond donors (Lipinski definition) is 1. The normalized spacial score (nSPS) is 20.1. The van der Waals surface area contributed by atoms with Gasteiger partial charge in [0.1, 0.15) is 10.3 Å². The van der Waals surface area contributed by atoms with E-state index in [0.717, 1.165) is 13.0 Å². The molecule has 1 aliphatic heterocycles. The van der Waals surface area contributed by atoms with E-state index in [9.17, 15) is 4.79 Å². The number of hydrogen-bond acceptors (Lipinski definition) is 3. The molecule has 2 heterocycles. The van der Waals surface area contributed by atoms with E-state index >= 15 is 0 Å². The third-order valence-corrected chi connectivity index (χ3v) is 3.73. The van der Waals surface area contributed by atoms with Gasteiger partial charge in [0.25, 0.3) is 5.91 Å². The molecular formula is C12H15Cl2N3O. The molecule has 1 amide bonds. The van der Waals surface area contributed by atoms with Gasteiger partial charge in [-0.15, -0.1) is 0 Å². The van der Waals surface area contributed by atoms with E-state index in [0.29, 0.717) is 18.2 Å². The van der Waals surface area contributed by atoms with Crippen LogP contribution < -0.4 is 5.32 Å². The lowest BCUT2D eigenvalue weighted by Gasteiger charge is -2.19. The molecule has 1 N–H and O–H groups in total. The van der Waals surface area contributed by atoms with Crippen LogP contribution in [0.25, 0.3) is 0 Å². The summed E-state index contributed by atoms with van der Waals surface area (Å²) in [4.78, 5) is 18.0. The highest BCUT2D eigenvalue weighted by atomic mass is 35.5. The molecule has 1 aromatic heterocycles. The Morgan fingerprint density at radius 2 is 2.33 bits per heavy atom. The number of pyridine rings is 1. The lowest BCUT2D eigenvalue weighted by Crippen LogP contribution is -2.38. The monoisotopic (exact) mass is 287 g/mol. The molecule has 1 unspecified atom stereocenters. The third kappa shape index (κ3) is 3.13. The first kappa shape index (κ1) is 13.6. The first-order valence-corrected chi connectivity index (χ1v) is 6.64. The lowest BCUT2D eigenvalue weighted by molar-refractivity contribution is 0.0943. The molecule has 1 saturated heterocycles. The molecule has 18 heavy (non-hydrogen) atoms. The van der Waals surface area contributed by atoms with E-state index in [1.165, 1.54) is 6.42 Å². The Labute approximate surface area is 116 Å². The fourth-order valence-corrected chi connectivity index (χ4v) is 2.56. The van der Waals surface area contributed by atoms with Crippen LogP contribution in [0.2, 0.25) is 10.3 Å². The van der Waals surface area contributed by atoms with Crippen molar-refractivity contribution >= 4 is 29.1 Å². The summed E-state index contributed by atoms with van der Waals surface area (Å²) in [6, 6.07) is 3.56. The fourth-order valence-electron chi connectivity index (χ4n) is 2.12. The van der Waals surface area contributed by atoms with Crippen molar-refractivity contribution in [2.45, 2.75) is 18.9 Å². The zero-order chi connectivity index (χ0) is 13.1. The Bertz CT molecular complexity index is 453. The molecule has 0 spiro atoms. The number of rotatable bonds is 3. The Hall–Kier alpha value is -0.840. The molecule has 1 atom stereocenters. The first-order valence-electron chi connectivity index (χ1n) is 5.88. The summed E-state index contributed by atoms with van der Waals surface area (Å²) in [5.41, 5.74) is 0.363. The Balaban J connectivity index is 1.95. The van der Waals surface area contributed by atoms with Crippen molar-refractivity contribution in [1.29, 1.82) is 0 Å². The van der Waals surface area contributed by atoms with E-state index in [-0.39, 0.29) is 16.2 Å². The van der Waals surface area contributed by atoms with Crippen LogP contribution in [0.3, 0.4) is 0 Å². The second kappa shape index (κ2) is 5.87. The quantitative estimate of drug-likeness (QED) is 0.867.